The summed E-state index contributed by atoms with van der Waals surface area (Å²) < 4.78 is 1.87. The van der Waals surface area contributed by atoms with Crippen molar-refractivity contribution in [1.29, 1.82) is 0 Å². The maximum Gasteiger partial charge on any atom is 0.141 e. The Morgan fingerprint density at radius 1 is 0.371 bits per heavy atom. The molecule has 0 spiro atoms. The monoisotopic (exact) mass is 922 g/mol. The second-order valence-corrected chi connectivity index (χ2v) is 19.4. The average molecular weight is 925 g/mol. The van der Waals surface area contributed by atoms with Crippen LogP contribution in [0.1, 0.15) is 38.9 Å². The molecule has 62 heavy (non-hydrogen) atoms. The molecule has 1 N–H and O–H groups in total. The smallest absolute Gasteiger partial charge is 0.141 e. The Kier molecular flexibility index (Phi) is 8.32. The number of hydrogen-bond donors (Lipinski definition) is 1. The Morgan fingerprint density at radius 2 is 0.919 bits per heavy atom. The van der Waals surface area contributed by atoms with Crippen LogP contribution in [0.4, 0.5) is 0 Å². The van der Waals surface area contributed by atoms with Gasteiger partial charge in [-0.15, -0.1) is 0 Å². The molecule has 0 amide bonds. The zero-order chi connectivity index (χ0) is 42.2. The highest BCUT2D eigenvalue weighted by molar-refractivity contribution is 9.10. The first kappa shape index (κ1) is 37.6. The predicted octanol–water partition coefficient (Wildman–Crippen LogP) is 16.8. The summed E-state index contributed by atoms with van der Waals surface area (Å²) in [4.78, 5) is 0. The number of aryl methyl sites for hydroxylation is 4. The molecule has 0 radical (unpaired) electrons. The minimum Gasteiger partial charge on any atom is -0.376 e. The molecule has 0 aromatic heterocycles. The number of hydrogen-bond acceptors (Lipinski definition) is 1. The SMILES string of the molecule is Cc1cc(C)cc(-c2c3c(c(-c4cc(C)cc(C)c4)c4cc(C5(O)c6cc(Br)ccc6-c6ccc(Br)cc65)ccc24)-c2cccc4c(-c5ccc6ccccc6c5)ccc-3c24)c1. The van der Waals surface area contributed by atoms with Crippen LogP contribution in [0.25, 0.3) is 99.1 Å². The molecule has 10 aromatic carbocycles. The Balaban J connectivity index is 1.23. The number of aliphatic hydroxyl groups is 1. The molecule has 296 valence electrons. The Labute approximate surface area is 378 Å². The molecule has 0 saturated carbocycles. The molecule has 10 aromatic rings. The van der Waals surface area contributed by atoms with E-state index in [2.05, 4.69) is 223 Å². The summed E-state index contributed by atoms with van der Waals surface area (Å²) in [7, 11) is 0. The molecule has 2 aliphatic rings. The topological polar surface area (TPSA) is 20.2 Å². The van der Waals surface area contributed by atoms with Gasteiger partial charge in [0.25, 0.3) is 0 Å². The maximum atomic E-state index is 13.5. The van der Waals surface area contributed by atoms with E-state index in [1.54, 1.807) is 0 Å². The molecule has 12 rings (SSSR count). The number of benzene rings is 10. The Hall–Kier alpha value is -6.10. The van der Waals surface area contributed by atoms with E-state index in [1.807, 2.05) is 0 Å². The number of rotatable bonds is 4. The van der Waals surface area contributed by atoms with Crippen molar-refractivity contribution in [3.8, 4) is 66.8 Å². The largest absolute Gasteiger partial charge is 0.376 e. The van der Waals surface area contributed by atoms with Crippen LogP contribution in [-0.4, -0.2) is 5.11 Å². The highest BCUT2D eigenvalue weighted by Gasteiger charge is 2.44. The van der Waals surface area contributed by atoms with E-state index in [0.29, 0.717) is 0 Å². The van der Waals surface area contributed by atoms with Gasteiger partial charge >= 0.3 is 0 Å². The van der Waals surface area contributed by atoms with E-state index in [1.165, 1.54) is 99.4 Å². The molecule has 3 heteroatoms. The first-order valence-corrected chi connectivity index (χ1v) is 22.8. The molecule has 0 atom stereocenters. The third-order valence-electron chi connectivity index (χ3n) is 13.4. The van der Waals surface area contributed by atoms with Crippen molar-refractivity contribution in [3.05, 3.63) is 212 Å². The van der Waals surface area contributed by atoms with Crippen LogP contribution >= 0.6 is 31.9 Å². The fourth-order valence-electron chi connectivity index (χ4n) is 11.1. The lowest BCUT2D eigenvalue weighted by molar-refractivity contribution is 0.131. The fourth-order valence-corrected chi connectivity index (χ4v) is 11.8. The summed E-state index contributed by atoms with van der Waals surface area (Å²) in [5.74, 6) is 0. The molecule has 2 aliphatic carbocycles. The van der Waals surface area contributed by atoms with Crippen molar-refractivity contribution in [3.63, 3.8) is 0 Å². The molecular formula is C59H40Br2O. The lowest BCUT2D eigenvalue weighted by atomic mass is 9.78. The minimum absolute atomic E-state index is 0.838. The van der Waals surface area contributed by atoms with E-state index in [-0.39, 0.29) is 0 Å². The van der Waals surface area contributed by atoms with Crippen LogP contribution in [0, 0.1) is 27.7 Å². The van der Waals surface area contributed by atoms with Crippen molar-refractivity contribution in [2.75, 3.05) is 0 Å². The van der Waals surface area contributed by atoms with Crippen LogP contribution in [0.3, 0.4) is 0 Å². The number of halogens is 2. The van der Waals surface area contributed by atoms with E-state index in [4.69, 9.17) is 0 Å². The van der Waals surface area contributed by atoms with Gasteiger partial charge in [0, 0.05) is 20.1 Å². The number of fused-ring (bicyclic) bond motifs is 8. The Bertz CT molecular complexity index is 3520. The van der Waals surface area contributed by atoms with Gasteiger partial charge in [-0.25, -0.2) is 0 Å². The minimum atomic E-state index is -1.40. The molecule has 1 nitrogen and oxygen atoms in total. The first-order valence-electron chi connectivity index (χ1n) is 21.2. The summed E-state index contributed by atoms with van der Waals surface area (Å²) in [6.45, 7) is 8.80. The van der Waals surface area contributed by atoms with Gasteiger partial charge in [0.15, 0.2) is 0 Å². The molecule has 0 unspecified atom stereocenters. The molecular weight excluding hydrogens is 884 g/mol. The van der Waals surface area contributed by atoms with Gasteiger partial charge in [-0.2, -0.15) is 0 Å². The van der Waals surface area contributed by atoms with Crippen molar-refractivity contribution in [1.82, 2.24) is 0 Å². The van der Waals surface area contributed by atoms with Crippen LogP contribution in [0.15, 0.2) is 173 Å². The zero-order valence-electron chi connectivity index (χ0n) is 34.8. The molecule has 0 bridgehead atoms. The van der Waals surface area contributed by atoms with E-state index in [9.17, 15) is 5.11 Å². The van der Waals surface area contributed by atoms with Gasteiger partial charge in [0.1, 0.15) is 5.60 Å². The van der Waals surface area contributed by atoms with Crippen LogP contribution < -0.4 is 0 Å². The lowest BCUT2D eigenvalue weighted by Crippen LogP contribution is -2.26. The highest BCUT2D eigenvalue weighted by Crippen LogP contribution is 2.60. The van der Waals surface area contributed by atoms with Crippen molar-refractivity contribution >= 4 is 64.2 Å². The van der Waals surface area contributed by atoms with Crippen LogP contribution in [0.2, 0.25) is 0 Å². The third kappa shape index (κ3) is 5.48. The lowest BCUT2D eigenvalue weighted by Gasteiger charge is -2.29. The van der Waals surface area contributed by atoms with E-state index < -0.39 is 5.60 Å². The summed E-state index contributed by atoms with van der Waals surface area (Å²) >= 11 is 7.53. The zero-order valence-corrected chi connectivity index (χ0v) is 38.0. The van der Waals surface area contributed by atoms with Crippen molar-refractivity contribution in [2.45, 2.75) is 33.3 Å². The normalized spacial score (nSPS) is 13.2. The first-order chi connectivity index (χ1) is 30.0. The summed E-state index contributed by atoms with van der Waals surface area (Å²) in [5, 5.41) is 20.8. The summed E-state index contributed by atoms with van der Waals surface area (Å²) in [5.41, 5.74) is 20.4. The quantitative estimate of drug-likeness (QED) is 0.186. The maximum absolute atomic E-state index is 13.5. The van der Waals surface area contributed by atoms with Gasteiger partial charge in [0.05, 0.1) is 0 Å². The predicted molar refractivity (Wildman–Crippen MR) is 268 cm³/mol. The summed E-state index contributed by atoms with van der Waals surface area (Å²) in [6.07, 6.45) is 0. The van der Waals surface area contributed by atoms with Gasteiger partial charge in [0.2, 0.25) is 0 Å². The van der Waals surface area contributed by atoms with Crippen molar-refractivity contribution in [2.24, 2.45) is 0 Å². The second-order valence-electron chi connectivity index (χ2n) is 17.6. The van der Waals surface area contributed by atoms with Gasteiger partial charge in [-0.05, 0) is 169 Å². The summed E-state index contributed by atoms with van der Waals surface area (Å²) in [6, 6.07) is 60.3. The molecule has 0 saturated heterocycles. The van der Waals surface area contributed by atoms with Crippen LogP contribution in [-0.2, 0) is 5.60 Å². The average Bonchev–Trinajstić information content (AvgIpc) is 3.71. The molecule has 0 heterocycles. The molecule has 0 aliphatic heterocycles. The highest BCUT2D eigenvalue weighted by atomic mass is 79.9. The van der Waals surface area contributed by atoms with E-state index >= 15 is 0 Å². The van der Waals surface area contributed by atoms with Gasteiger partial charge in [-0.1, -0.05) is 182 Å². The van der Waals surface area contributed by atoms with Gasteiger partial charge in [-0.3, -0.25) is 0 Å². The van der Waals surface area contributed by atoms with Crippen LogP contribution in [0.5, 0.6) is 0 Å². The van der Waals surface area contributed by atoms with Gasteiger partial charge < -0.3 is 5.11 Å². The van der Waals surface area contributed by atoms with E-state index in [0.717, 1.165) is 47.5 Å². The Morgan fingerprint density at radius 3 is 1.55 bits per heavy atom. The molecule has 0 fully saturated rings. The standard InChI is InChI=1S/C59H40Br2O/c1-32-22-33(2)25-39(24-32)54-48-17-14-41(59(62)52-30-42(60)15-18-45(52)46-19-16-43(61)31-53(46)59)29-51(48)55(40-26-34(3)23-35(4)27-40)57-49-11-7-10-47-44(20-21-50(56(47)49)58(54)57)38-13-12-36-8-5-6-9-37(36)28-38/h5-31,62H,1-4H3. The second kappa shape index (κ2) is 13.7. The van der Waals surface area contributed by atoms with Crippen molar-refractivity contribution < 1.29 is 5.11 Å². The fraction of sp³-hybridized carbons (Fsp3) is 0.0847. The third-order valence-corrected chi connectivity index (χ3v) is 14.4.